The van der Waals surface area contributed by atoms with Crippen LogP contribution in [0.15, 0.2) is 52.0 Å². The fourth-order valence-corrected chi connectivity index (χ4v) is 3.31. The second-order valence-electron chi connectivity index (χ2n) is 9.00. The highest BCUT2D eigenvalue weighted by Gasteiger charge is 2.27. The molecule has 12 heteroatoms. The number of pyridine rings is 3. The van der Waals surface area contributed by atoms with Crippen molar-refractivity contribution in [3.8, 4) is 5.82 Å². The van der Waals surface area contributed by atoms with Gasteiger partial charge in [0, 0.05) is 25.5 Å². The van der Waals surface area contributed by atoms with Crippen LogP contribution in [0.3, 0.4) is 0 Å². The van der Waals surface area contributed by atoms with Crippen LogP contribution in [0.25, 0.3) is 16.9 Å². The van der Waals surface area contributed by atoms with Crippen molar-refractivity contribution in [3.05, 3.63) is 64.4 Å². The number of hydrogen-bond acceptors (Lipinski definition) is 9. The van der Waals surface area contributed by atoms with Crippen LogP contribution in [0.2, 0.25) is 0 Å². The number of aromatic nitrogens is 4. The normalized spacial score (nSPS) is 11.4. The van der Waals surface area contributed by atoms with Crippen molar-refractivity contribution in [1.29, 1.82) is 0 Å². The van der Waals surface area contributed by atoms with E-state index in [9.17, 15) is 19.5 Å². The third-order valence-corrected chi connectivity index (χ3v) is 4.99. The van der Waals surface area contributed by atoms with E-state index in [2.05, 4.69) is 20.4 Å². The Morgan fingerprint density at radius 1 is 1.19 bits per heavy atom. The summed E-state index contributed by atoms with van der Waals surface area (Å²) in [4.78, 5) is 47.3. The fourth-order valence-electron chi connectivity index (χ4n) is 3.31. The summed E-state index contributed by atoms with van der Waals surface area (Å²) >= 11 is 0. The topological polar surface area (TPSA) is 153 Å². The van der Waals surface area contributed by atoms with Gasteiger partial charge in [0.05, 0.1) is 5.69 Å². The van der Waals surface area contributed by atoms with Crippen LogP contribution in [0, 0.1) is 6.92 Å². The van der Waals surface area contributed by atoms with Crippen LogP contribution >= 0.6 is 0 Å². The summed E-state index contributed by atoms with van der Waals surface area (Å²) in [5.41, 5.74) is 0.0171. The maximum atomic E-state index is 13.2. The van der Waals surface area contributed by atoms with Crippen LogP contribution in [0.1, 0.15) is 36.9 Å². The minimum absolute atomic E-state index is 0.0423. The maximum Gasteiger partial charge on any atom is 0.414 e. The predicted octanol–water partition coefficient (Wildman–Crippen LogP) is 3.89. The van der Waals surface area contributed by atoms with Crippen molar-refractivity contribution in [3.63, 3.8) is 0 Å². The van der Waals surface area contributed by atoms with E-state index in [0.29, 0.717) is 5.82 Å². The smallest absolute Gasteiger partial charge is 0.414 e. The van der Waals surface area contributed by atoms with Gasteiger partial charge in [-0.1, -0.05) is 11.2 Å². The van der Waals surface area contributed by atoms with Crippen molar-refractivity contribution in [2.75, 3.05) is 17.3 Å². The number of aromatic carboxylic acids is 1. The number of rotatable bonds is 5. The molecule has 4 heterocycles. The van der Waals surface area contributed by atoms with Gasteiger partial charge in [-0.05, 0) is 51.5 Å². The second kappa shape index (κ2) is 9.13. The van der Waals surface area contributed by atoms with Gasteiger partial charge in [0.25, 0.3) is 11.3 Å². The van der Waals surface area contributed by atoms with Gasteiger partial charge in [0.15, 0.2) is 5.52 Å². The molecule has 36 heavy (non-hydrogen) atoms. The number of ether oxygens (including phenoxy) is 1. The molecular weight excluding hydrogens is 468 g/mol. The number of carboxylic acids is 1. The molecule has 2 N–H and O–H groups in total. The van der Waals surface area contributed by atoms with E-state index < -0.39 is 29.0 Å². The summed E-state index contributed by atoms with van der Waals surface area (Å²) in [6.07, 6.45) is 2.52. The van der Waals surface area contributed by atoms with Crippen molar-refractivity contribution < 1.29 is 24.0 Å². The number of aryl methyl sites for hydroxylation is 1. The molecule has 0 bridgehead atoms. The zero-order valence-corrected chi connectivity index (χ0v) is 20.3. The van der Waals surface area contributed by atoms with Crippen molar-refractivity contribution in [1.82, 2.24) is 19.7 Å². The Bertz CT molecular complexity index is 1520. The quantitative estimate of drug-likeness (QED) is 0.419. The summed E-state index contributed by atoms with van der Waals surface area (Å²) in [6, 6.07) is 8.19. The van der Waals surface area contributed by atoms with Gasteiger partial charge in [0.2, 0.25) is 0 Å². The Hall–Kier alpha value is -4.74. The highest BCUT2D eigenvalue weighted by molar-refractivity contribution is 6.05. The molecule has 0 saturated carbocycles. The molecule has 0 atom stereocenters. The van der Waals surface area contributed by atoms with E-state index in [0.717, 1.165) is 10.5 Å². The van der Waals surface area contributed by atoms with Gasteiger partial charge in [-0.25, -0.2) is 19.6 Å². The molecule has 1 amide bonds. The Morgan fingerprint density at radius 3 is 2.58 bits per heavy atom. The number of nitrogens with zero attached hydrogens (tertiary/aromatic N) is 5. The Balaban J connectivity index is 1.80. The molecule has 0 aromatic carbocycles. The molecule has 4 rings (SSSR count). The van der Waals surface area contributed by atoms with Crippen LogP contribution in [0.4, 0.5) is 22.0 Å². The van der Waals surface area contributed by atoms with Gasteiger partial charge in [0.1, 0.15) is 28.4 Å². The standard InChI is InChI=1S/C24H24N6O6/c1-13-8-9-17(25-12-13)30-10-6-7-14(21(30)31)26-16-11-15(29(5)23(34)35-24(2,3)4)18-19(27-16)20(22(32)33)36-28-18/h6-12H,1-5H3,(H,26,27)(H,32,33). The average Bonchev–Trinajstić information content (AvgIpc) is 3.23. The predicted molar refractivity (Wildman–Crippen MR) is 131 cm³/mol. The second-order valence-corrected chi connectivity index (χ2v) is 9.00. The summed E-state index contributed by atoms with van der Waals surface area (Å²) < 4.78 is 11.7. The molecule has 0 spiro atoms. The molecule has 0 saturated heterocycles. The number of carbonyl (C=O) groups excluding carboxylic acids is 1. The highest BCUT2D eigenvalue weighted by Crippen LogP contribution is 2.31. The van der Waals surface area contributed by atoms with Crippen molar-refractivity contribution >= 4 is 40.3 Å². The van der Waals surface area contributed by atoms with Crippen LogP contribution in [-0.4, -0.2) is 49.5 Å². The lowest BCUT2D eigenvalue weighted by molar-refractivity contribution is 0.0588. The molecule has 0 fully saturated rings. The third kappa shape index (κ3) is 4.87. The number of amides is 1. The molecule has 4 aromatic rings. The number of fused-ring (bicyclic) bond motifs is 1. The Morgan fingerprint density at radius 2 is 1.94 bits per heavy atom. The number of carboxylic acid groups (broad SMARTS) is 1. The maximum absolute atomic E-state index is 13.2. The molecule has 0 unspecified atom stereocenters. The average molecular weight is 492 g/mol. The van der Waals surface area contributed by atoms with E-state index >= 15 is 0 Å². The first-order chi connectivity index (χ1) is 16.9. The SMILES string of the molecule is Cc1ccc(-n2cccc(Nc3cc(N(C)C(=O)OC(C)(C)C)c4noc(C(=O)O)c4n3)c2=O)nc1. The summed E-state index contributed by atoms with van der Waals surface area (Å²) in [5.74, 6) is -1.39. The van der Waals surface area contributed by atoms with Crippen LogP contribution in [-0.2, 0) is 4.74 Å². The third-order valence-electron chi connectivity index (χ3n) is 4.99. The summed E-state index contributed by atoms with van der Waals surface area (Å²) in [7, 11) is 1.44. The minimum Gasteiger partial charge on any atom is -0.475 e. The number of nitrogens with one attached hydrogen (secondary N) is 1. The van der Waals surface area contributed by atoms with E-state index in [-0.39, 0.29) is 28.2 Å². The van der Waals surface area contributed by atoms with Gasteiger partial charge in [-0.2, -0.15) is 0 Å². The first-order valence-electron chi connectivity index (χ1n) is 10.9. The van der Waals surface area contributed by atoms with Gasteiger partial charge in [-0.15, -0.1) is 0 Å². The summed E-state index contributed by atoms with van der Waals surface area (Å²) in [6.45, 7) is 7.04. The van der Waals surface area contributed by atoms with Crippen LogP contribution < -0.4 is 15.8 Å². The number of carbonyl (C=O) groups is 2. The van der Waals surface area contributed by atoms with E-state index in [1.165, 1.54) is 17.7 Å². The highest BCUT2D eigenvalue weighted by atomic mass is 16.6. The molecule has 12 nitrogen and oxygen atoms in total. The molecule has 0 aliphatic heterocycles. The summed E-state index contributed by atoms with van der Waals surface area (Å²) in [5, 5.41) is 16.2. The van der Waals surface area contributed by atoms with Gasteiger partial charge in [-0.3, -0.25) is 14.3 Å². The number of hydrogen-bond donors (Lipinski definition) is 2. The fraction of sp³-hybridized carbons (Fsp3) is 0.250. The lowest BCUT2D eigenvalue weighted by Crippen LogP contribution is -2.34. The molecule has 186 valence electrons. The first-order valence-corrected chi connectivity index (χ1v) is 10.9. The van der Waals surface area contributed by atoms with E-state index in [4.69, 9.17) is 9.26 Å². The van der Waals surface area contributed by atoms with E-state index in [1.807, 2.05) is 13.0 Å². The van der Waals surface area contributed by atoms with Gasteiger partial charge >= 0.3 is 12.1 Å². The Labute approximate surface area is 205 Å². The zero-order chi connectivity index (χ0) is 26.2. The van der Waals surface area contributed by atoms with E-state index in [1.54, 1.807) is 51.4 Å². The zero-order valence-electron chi connectivity index (χ0n) is 20.3. The Kier molecular flexibility index (Phi) is 6.19. The lowest BCUT2D eigenvalue weighted by Gasteiger charge is -2.25. The molecule has 4 aromatic heterocycles. The largest absolute Gasteiger partial charge is 0.475 e. The monoisotopic (exact) mass is 492 g/mol. The molecule has 0 radical (unpaired) electrons. The number of anilines is 3. The lowest BCUT2D eigenvalue weighted by atomic mass is 10.2. The van der Waals surface area contributed by atoms with Gasteiger partial charge < -0.3 is 19.7 Å². The molecular formula is C24H24N6O6. The minimum atomic E-state index is -1.39. The van der Waals surface area contributed by atoms with Crippen molar-refractivity contribution in [2.24, 2.45) is 0 Å². The first kappa shape index (κ1) is 24.4. The molecule has 0 aliphatic carbocycles. The van der Waals surface area contributed by atoms with Crippen LogP contribution in [0.5, 0.6) is 0 Å². The molecule has 0 aliphatic rings. The van der Waals surface area contributed by atoms with Crippen molar-refractivity contribution in [2.45, 2.75) is 33.3 Å².